The lowest BCUT2D eigenvalue weighted by Gasteiger charge is -2.27. The van der Waals surface area contributed by atoms with Gasteiger partial charge in [0, 0.05) is 43.2 Å². The van der Waals surface area contributed by atoms with E-state index in [2.05, 4.69) is 10.6 Å². The lowest BCUT2D eigenvalue weighted by atomic mass is 10.0. The average Bonchev–Trinajstić information content (AvgIpc) is 2.27. The summed E-state index contributed by atoms with van der Waals surface area (Å²) in [4.78, 5) is 21.6. The SMILES string of the molecule is O=C(NCC1CNC1)c1ccc([N+](=O)[O-])cc1. The number of non-ortho nitro benzene ring substituents is 1. The number of nitro groups is 1. The molecule has 1 aromatic carbocycles. The van der Waals surface area contributed by atoms with E-state index in [1.165, 1.54) is 24.3 Å². The van der Waals surface area contributed by atoms with Gasteiger partial charge in [-0.25, -0.2) is 0 Å². The fourth-order valence-electron chi connectivity index (χ4n) is 1.57. The fourth-order valence-corrected chi connectivity index (χ4v) is 1.57. The van der Waals surface area contributed by atoms with Gasteiger partial charge in [0.15, 0.2) is 0 Å². The van der Waals surface area contributed by atoms with Gasteiger partial charge in [-0.05, 0) is 12.1 Å². The van der Waals surface area contributed by atoms with E-state index in [9.17, 15) is 14.9 Å². The molecule has 6 nitrogen and oxygen atoms in total. The molecule has 0 saturated carbocycles. The van der Waals surface area contributed by atoms with Crippen LogP contribution in [0.2, 0.25) is 0 Å². The highest BCUT2D eigenvalue weighted by Crippen LogP contribution is 2.11. The molecule has 0 unspecified atom stereocenters. The molecular formula is C11H13N3O3. The highest BCUT2D eigenvalue weighted by molar-refractivity contribution is 5.94. The second kappa shape index (κ2) is 4.92. The van der Waals surface area contributed by atoms with Crippen molar-refractivity contribution in [2.75, 3.05) is 19.6 Å². The van der Waals surface area contributed by atoms with Crippen LogP contribution in [-0.2, 0) is 0 Å². The molecule has 0 aromatic heterocycles. The number of nitrogens with zero attached hydrogens (tertiary/aromatic N) is 1. The number of benzene rings is 1. The standard InChI is InChI=1S/C11H13N3O3/c15-11(13-7-8-5-12-6-8)9-1-3-10(4-2-9)14(16)17/h1-4,8,12H,5-7H2,(H,13,15). The van der Waals surface area contributed by atoms with E-state index in [1.54, 1.807) is 0 Å². The van der Waals surface area contributed by atoms with Gasteiger partial charge in [0.25, 0.3) is 11.6 Å². The molecule has 1 saturated heterocycles. The van der Waals surface area contributed by atoms with E-state index in [0.717, 1.165) is 13.1 Å². The zero-order chi connectivity index (χ0) is 12.3. The molecule has 0 aliphatic carbocycles. The van der Waals surface area contributed by atoms with Gasteiger partial charge in [-0.3, -0.25) is 14.9 Å². The minimum atomic E-state index is -0.484. The van der Waals surface area contributed by atoms with Crippen LogP contribution in [0, 0.1) is 16.0 Å². The van der Waals surface area contributed by atoms with E-state index >= 15 is 0 Å². The van der Waals surface area contributed by atoms with Gasteiger partial charge in [-0.1, -0.05) is 0 Å². The van der Waals surface area contributed by atoms with Crippen LogP contribution in [0.3, 0.4) is 0 Å². The Kier molecular flexibility index (Phi) is 3.34. The van der Waals surface area contributed by atoms with Crippen LogP contribution in [-0.4, -0.2) is 30.5 Å². The molecule has 6 heteroatoms. The van der Waals surface area contributed by atoms with Crippen molar-refractivity contribution in [1.82, 2.24) is 10.6 Å². The molecule has 1 aromatic rings. The molecule has 0 atom stereocenters. The van der Waals surface area contributed by atoms with Gasteiger partial charge in [0.2, 0.25) is 0 Å². The summed E-state index contributed by atoms with van der Waals surface area (Å²) in [5, 5.41) is 16.4. The number of rotatable bonds is 4. The Hall–Kier alpha value is -1.95. The van der Waals surface area contributed by atoms with Crippen LogP contribution in [0.1, 0.15) is 10.4 Å². The highest BCUT2D eigenvalue weighted by Gasteiger charge is 2.17. The van der Waals surface area contributed by atoms with E-state index < -0.39 is 4.92 Å². The molecule has 1 heterocycles. The molecule has 0 bridgehead atoms. The topological polar surface area (TPSA) is 84.3 Å². The Labute approximate surface area is 98.2 Å². The quantitative estimate of drug-likeness (QED) is 0.589. The number of carbonyl (C=O) groups excluding carboxylic acids is 1. The smallest absolute Gasteiger partial charge is 0.269 e. The molecule has 2 N–H and O–H groups in total. The van der Waals surface area contributed by atoms with E-state index in [-0.39, 0.29) is 11.6 Å². The van der Waals surface area contributed by atoms with Gasteiger partial charge < -0.3 is 10.6 Å². The first-order chi connectivity index (χ1) is 8.16. The summed E-state index contributed by atoms with van der Waals surface area (Å²) in [7, 11) is 0. The normalized spacial score (nSPS) is 15.1. The number of nitrogens with one attached hydrogen (secondary N) is 2. The van der Waals surface area contributed by atoms with Crippen molar-refractivity contribution >= 4 is 11.6 Å². The summed E-state index contributed by atoms with van der Waals surface area (Å²) in [5.74, 6) is 0.309. The molecule has 0 radical (unpaired) electrons. The molecule has 1 aliphatic rings. The van der Waals surface area contributed by atoms with Crippen LogP contribution >= 0.6 is 0 Å². The third-order valence-corrected chi connectivity index (χ3v) is 2.76. The van der Waals surface area contributed by atoms with Crippen molar-refractivity contribution in [3.05, 3.63) is 39.9 Å². The first-order valence-corrected chi connectivity index (χ1v) is 5.40. The third kappa shape index (κ3) is 2.79. The molecule has 17 heavy (non-hydrogen) atoms. The number of amides is 1. The van der Waals surface area contributed by atoms with E-state index in [4.69, 9.17) is 0 Å². The van der Waals surface area contributed by atoms with Crippen molar-refractivity contribution in [3.63, 3.8) is 0 Å². The number of nitro benzene ring substituents is 1. The summed E-state index contributed by atoms with van der Waals surface area (Å²) in [6.45, 7) is 2.50. The second-order valence-electron chi connectivity index (χ2n) is 4.04. The molecule has 1 fully saturated rings. The summed E-state index contributed by atoms with van der Waals surface area (Å²) in [5.41, 5.74) is 0.438. The number of hydrogen-bond donors (Lipinski definition) is 2. The van der Waals surface area contributed by atoms with Gasteiger partial charge >= 0.3 is 0 Å². The van der Waals surface area contributed by atoms with E-state index in [0.29, 0.717) is 18.0 Å². The summed E-state index contributed by atoms with van der Waals surface area (Å²) < 4.78 is 0. The maximum atomic E-state index is 11.7. The van der Waals surface area contributed by atoms with Crippen LogP contribution in [0.25, 0.3) is 0 Å². The minimum absolute atomic E-state index is 0.00950. The molecule has 0 spiro atoms. The summed E-state index contributed by atoms with van der Waals surface area (Å²) >= 11 is 0. The lowest BCUT2D eigenvalue weighted by Crippen LogP contribution is -2.48. The van der Waals surface area contributed by atoms with Crippen molar-refractivity contribution in [2.24, 2.45) is 5.92 Å². The maximum absolute atomic E-state index is 11.7. The van der Waals surface area contributed by atoms with E-state index in [1.807, 2.05) is 0 Å². The van der Waals surface area contributed by atoms with Gasteiger partial charge in [-0.15, -0.1) is 0 Å². The zero-order valence-electron chi connectivity index (χ0n) is 9.18. The highest BCUT2D eigenvalue weighted by atomic mass is 16.6. The predicted molar refractivity (Wildman–Crippen MR) is 61.8 cm³/mol. The molecule has 90 valence electrons. The Morgan fingerprint density at radius 3 is 2.53 bits per heavy atom. The molecule has 1 aliphatic heterocycles. The van der Waals surface area contributed by atoms with Gasteiger partial charge in [0.1, 0.15) is 0 Å². The maximum Gasteiger partial charge on any atom is 0.269 e. The van der Waals surface area contributed by atoms with Crippen LogP contribution in [0.4, 0.5) is 5.69 Å². The first-order valence-electron chi connectivity index (χ1n) is 5.40. The van der Waals surface area contributed by atoms with Crippen molar-refractivity contribution < 1.29 is 9.72 Å². The second-order valence-corrected chi connectivity index (χ2v) is 4.04. The predicted octanol–water partition coefficient (Wildman–Crippen LogP) is 0.544. The Morgan fingerprint density at radius 2 is 2.06 bits per heavy atom. The van der Waals surface area contributed by atoms with Crippen molar-refractivity contribution in [2.45, 2.75) is 0 Å². The third-order valence-electron chi connectivity index (χ3n) is 2.76. The Bertz CT molecular complexity index is 426. The molecule has 2 rings (SSSR count). The number of hydrogen-bond acceptors (Lipinski definition) is 4. The summed E-state index contributed by atoms with van der Waals surface area (Å²) in [6.07, 6.45) is 0. The van der Waals surface area contributed by atoms with Crippen molar-refractivity contribution in [3.8, 4) is 0 Å². The average molecular weight is 235 g/mol. The zero-order valence-corrected chi connectivity index (χ0v) is 9.18. The minimum Gasteiger partial charge on any atom is -0.352 e. The van der Waals surface area contributed by atoms with Crippen molar-refractivity contribution in [1.29, 1.82) is 0 Å². The number of carbonyl (C=O) groups is 1. The summed E-state index contributed by atoms with van der Waals surface area (Å²) in [6, 6.07) is 5.60. The first kappa shape index (κ1) is 11.5. The van der Waals surface area contributed by atoms with Crippen LogP contribution in [0.15, 0.2) is 24.3 Å². The van der Waals surface area contributed by atoms with Crippen LogP contribution < -0.4 is 10.6 Å². The Balaban J connectivity index is 1.91. The Morgan fingerprint density at radius 1 is 1.41 bits per heavy atom. The monoisotopic (exact) mass is 235 g/mol. The lowest BCUT2D eigenvalue weighted by molar-refractivity contribution is -0.384. The van der Waals surface area contributed by atoms with Crippen LogP contribution in [0.5, 0.6) is 0 Å². The largest absolute Gasteiger partial charge is 0.352 e. The molecular weight excluding hydrogens is 222 g/mol. The van der Waals surface area contributed by atoms with Gasteiger partial charge in [-0.2, -0.15) is 0 Å². The molecule has 1 amide bonds. The fraction of sp³-hybridized carbons (Fsp3) is 0.364. The van der Waals surface area contributed by atoms with Gasteiger partial charge in [0.05, 0.1) is 4.92 Å².